The van der Waals surface area contributed by atoms with Gasteiger partial charge in [-0.2, -0.15) is 0 Å². The number of carbonyl (C=O) groups excluding carboxylic acids is 1. The molecule has 0 aromatic heterocycles. The quantitative estimate of drug-likeness (QED) is 0.767. The van der Waals surface area contributed by atoms with Crippen LogP contribution in [0.15, 0.2) is 0 Å². The van der Waals surface area contributed by atoms with Crippen molar-refractivity contribution in [2.45, 2.75) is 51.4 Å². The Morgan fingerprint density at radius 3 is 2.65 bits per heavy atom. The first kappa shape index (κ1) is 14.8. The molecule has 3 atom stereocenters. The van der Waals surface area contributed by atoms with Crippen molar-refractivity contribution in [1.82, 2.24) is 5.32 Å². The zero-order valence-electron chi connectivity index (χ0n) is 11.1. The first-order valence-corrected chi connectivity index (χ1v) is 7.68. The number of rotatable bonds is 6. The summed E-state index contributed by atoms with van der Waals surface area (Å²) in [5.41, 5.74) is 0. The molecule has 3 unspecified atom stereocenters. The Hall–Kier alpha value is -0.220. The van der Waals surface area contributed by atoms with Crippen LogP contribution in [0.1, 0.15) is 40.0 Å². The van der Waals surface area contributed by atoms with E-state index in [0.29, 0.717) is 12.5 Å². The SMILES string of the molecule is CCSC(C(=O)NCC1CCCC1O)C(C)C. The minimum Gasteiger partial charge on any atom is -0.393 e. The smallest absolute Gasteiger partial charge is 0.233 e. The highest BCUT2D eigenvalue weighted by molar-refractivity contribution is 8.00. The zero-order chi connectivity index (χ0) is 12.8. The summed E-state index contributed by atoms with van der Waals surface area (Å²) in [5, 5.41) is 12.7. The summed E-state index contributed by atoms with van der Waals surface area (Å²) >= 11 is 1.70. The summed E-state index contributed by atoms with van der Waals surface area (Å²) in [7, 11) is 0. The maximum atomic E-state index is 12.0. The molecular formula is C13H25NO2S. The second kappa shape index (κ2) is 7.27. The average Bonchev–Trinajstić information content (AvgIpc) is 2.68. The Balaban J connectivity index is 2.36. The molecule has 0 saturated heterocycles. The lowest BCUT2D eigenvalue weighted by molar-refractivity contribution is -0.121. The van der Waals surface area contributed by atoms with Crippen LogP contribution in [0.25, 0.3) is 0 Å². The van der Waals surface area contributed by atoms with Crippen LogP contribution in [-0.4, -0.2) is 34.7 Å². The second-order valence-electron chi connectivity index (χ2n) is 5.12. The number of thioether (sulfide) groups is 1. The summed E-state index contributed by atoms with van der Waals surface area (Å²) in [5.74, 6) is 1.71. The van der Waals surface area contributed by atoms with Gasteiger partial charge in [-0.1, -0.05) is 27.2 Å². The van der Waals surface area contributed by atoms with E-state index in [0.717, 1.165) is 25.0 Å². The summed E-state index contributed by atoms with van der Waals surface area (Å²) in [6, 6.07) is 0. The minimum atomic E-state index is -0.216. The van der Waals surface area contributed by atoms with Crippen LogP contribution in [0.2, 0.25) is 0 Å². The summed E-state index contributed by atoms with van der Waals surface area (Å²) in [6.45, 7) is 6.87. The van der Waals surface area contributed by atoms with Gasteiger partial charge in [0.2, 0.25) is 5.91 Å². The first-order valence-electron chi connectivity index (χ1n) is 6.63. The van der Waals surface area contributed by atoms with Crippen LogP contribution in [0.3, 0.4) is 0 Å². The van der Waals surface area contributed by atoms with Gasteiger partial charge >= 0.3 is 0 Å². The van der Waals surface area contributed by atoms with Crippen LogP contribution >= 0.6 is 11.8 Å². The lowest BCUT2D eigenvalue weighted by atomic mass is 10.1. The standard InChI is InChI=1S/C13H25NO2S/c1-4-17-12(9(2)3)13(16)14-8-10-6-5-7-11(10)15/h9-12,15H,4-8H2,1-3H3,(H,14,16). The van der Waals surface area contributed by atoms with E-state index in [-0.39, 0.29) is 23.2 Å². The Kier molecular flexibility index (Phi) is 6.34. The van der Waals surface area contributed by atoms with E-state index in [1.54, 1.807) is 11.8 Å². The molecule has 1 fully saturated rings. The third-order valence-corrected chi connectivity index (χ3v) is 4.82. The van der Waals surface area contributed by atoms with Crippen molar-refractivity contribution in [3.05, 3.63) is 0 Å². The molecule has 1 aliphatic carbocycles. The van der Waals surface area contributed by atoms with Gasteiger partial charge in [0, 0.05) is 12.5 Å². The molecule has 3 nitrogen and oxygen atoms in total. The number of carbonyl (C=O) groups is 1. The molecule has 1 aliphatic rings. The Labute approximate surface area is 109 Å². The molecular weight excluding hydrogens is 234 g/mol. The summed E-state index contributed by atoms with van der Waals surface area (Å²) in [6.07, 6.45) is 2.79. The lowest BCUT2D eigenvalue weighted by Crippen LogP contribution is -2.39. The monoisotopic (exact) mass is 259 g/mol. The first-order chi connectivity index (χ1) is 8.06. The maximum Gasteiger partial charge on any atom is 0.233 e. The number of hydrogen-bond donors (Lipinski definition) is 2. The van der Waals surface area contributed by atoms with Gasteiger partial charge in [0.05, 0.1) is 11.4 Å². The molecule has 2 N–H and O–H groups in total. The number of aliphatic hydroxyl groups is 1. The zero-order valence-corrected chi connectivity index (χ0v) is 11.9. The van der Waals surface area contributed by atoms with E-state index in [1.165, 1.54) is 0 Å². The van der Waals surface area contributed by atoms with Crippen molar-refractivity contribution in [2.75, 3.05) is 12.3 Å². The van der Waals surface area contributed by atoms with Gasteiger partial charge in [0.1, 0.15) is 0 Å². The van der Waals surface area contributed by atoms with Gasteiger partial charge in [-0.3, -0.25) is 4.79 Å². The second-order valence-corrected chi connectivity index (χ2v) is 6.54. The topological polar surface area (TPSA) is 49.3 Å². The molecule has 1 rings (SSSR count). The Bertz CT molecular complexity index is 246. The van der Waals surface area contributed by atoms with Gasteiger partial charge in [-0.05, 0) is 24.5 Å². The molecule has 100 valence electrons. The van der Waals surface area contributed by atoms with Crippen molar-refractivity contribution in [2.24, 2.45) is 11.8 Å². The molecule has 17 heavy (non-hydrogen) atoms. The van der Waals surface area contributed by atoms with Crippen molar-refractivity contribution < 1.29 is 9.90 Å². The predicted octanol–water partition coefficient (Wildman–Crippen LogP) is 2.04. The van der Waals surface area contributed by atoms with Crippen molar-refractivity contribution in [1.29, 1.82) is 0 Å². The minimum absolute atomic E-state index is 0.0403. The largest absolute Gasteiger partial charge is 0.393 e. The molecule has 0 spiro atoms. The maximum absolute atomic E-state index is 12.0. The Morgan fingerprint density at radius 1 is 1.47 bits per heavy atom. The van der Waals surface area contributed by atoms with Crippen LogP contribution in [0.4, 0.5) is 0 Å². The van der Waals surface area contributed by atoms with Gasteiger partial charge in [0.15, 0.2) is 0 Å². The van der Waals surface area contributed by atoms with E-state index >= 15 is 0 Å². The number of hydrogen-bond acceptors (Lipinski definition) is 3. The third-order valence-electron chi connectivity index (χ3n) is 3.37. The molecule has 0 aliphatic heterocycles. The number of aliphatic hydroxyl groups excluding tert-OH is 1. The molecule has 1 amide bonds. The van der Waals surface area contributed by atoms with Crippen LogP contribution in [-0.2, 0) is 4.79 Å². The Morgan fingerprint density at radius 2 is 2.18 bits per heavy atom. The fourth-order valence-corrected chi connectivity index (χ4v) is 3.32. The van der Waals surface area contributed by atoms with Gasteiger partial charge in [0.25, 0.3) is 0 Å². The van der Waals surface area contributed by atoms with Gasteiger partial charge < -0.3 is 10.4 Å². The highest BCUT2D eigenvalue weighted by Gasteiger charge is 2.27. The van der Waals surface area contributed by atoms with E-state index in [9.17, 15) is 9.90 Å². The molecule has 1 saturated carbocycles. The fraction of sp³-hybridized carbons (Fsp3) is 0.923. The molecule has 0 aromatic carbocycles. The van der Waals surface area contributed by atoms with Gasteiger partial charge in [-0.15, -0.1) is 11.8 Å². The van der Waals surface area contributed by atoms with E-state index in [2.05, 4.69) is 26.1 Å². The van der Waals surface area contributed by atoms with Crippen LogP contribution in [0, 0.1) is 11.8 Å². The summed E-state index contributed by atoms with van der Waals surface area (Å²) < 4.78 is 0. The van der Waals surface area contributed by atoms with Crippen molar-refractivity contribution in [3.63, 3.8) is 0 Å². The van der Waals surface area contributed by atoms with Crippen molar-refractivity contribution >= 4 is 17.7 Å². The highest BCUT2D eigenvalue weighted by atomic mass is 32.2. The lowest BCUT2D eigenvalue weighted by Gasteiger charge is -2.21. The molecule has 0 heterocycles. The van der Waals surface area contributed by atoms with E-state index in [4.69, 9.17) is 0 Å². The summed E-state index contributed by atoms with van der Waals surface area (Å²) in [4.78, 5) is 12.0. The molecule has 0 radical (unpaired) electrons. The van der Waals surface area contributed by atoms with Crippen LogP contribution < -0.4 is 5.32 Å². The van der Waals surface area contributed by atoms with Gasteiger partial charge in [-0.25, -0.2) is 0 Å². The van der Waals surface area contributed by atoms with Crippen LogP contribution in [0.5, 0.6) is 0 Å². The predicted molar refractivity (Wildman–Crippen MR) is 73.1 cm³/mol. The number of amides is 1. The van der Waals surface area contributed by atoms with E-state index in [1.807, 2.05) is 0 Å². The average molecular weight is 259 g/mol. The molecule has 4 heteroatoms. The molecule has 0 aromatic rings. The van der Waals surface area contributed by atoms with Crippen molar-refractivity contribution in [3.8, 4) is 0 Å². The van der Waals surface area contributed by atoms with E-state index < -0.39 is 0 Å². The molecule has 0 bridgehead atoms. The third kappa shape index (κ3) is 4.51. The normalized spacial score (nSPS) is 26.2. The number of nitrogens with one attached hydrogen (secondary N) is 1. The fourth-order valence-electron chi connectivity index (χ4n) is 2.34. The highest BCUT2D eigenvalue weighted by Crippen LogP contribution is 2.25.